The first-order valence-corrected chi connectivity index (χ1v) is 4.31. The van der Waals surface area contributed by atoms with E-state index in [4.69, 9.17) is 5.73 Å². The molecule has 4 nitrogen and oxygen atoms in total. The summed E-state index contributed by atoms with van der Waals surface area (Å²) in [4.78, 5) is 12.8. The summed E-state index contributed by atoms with van der Waals surface area (Å²) >= 11 is 0. The van der Waals surface area contributed by atoms with Crippen molar-refractivity contribution in [2.45, 2.75) is 25.4 Å². The Morgan fingerprint density at radius 1 is 1.67 bits per heavy atom. The molecule has 0 aromatic carbocycles. The van der Waals surface area contributed by atoms with Gasteiger partial charge in [0.05, 0.1) is 18.7 Å². The Morgan fingerprint density at radius 3 is 2.67 bits per heavy atom. The molecule has 0 aromatic heterocycles. The summed E-state index contributed by atoms with van der Waals surface area (Å²) in [5, 5.41) is 9.58. The molecule has 0 unspecified atom stereocenters. The highest BCUT2D eigenvalue weighted by Gasteiger charge is 2.41. The fraction of sp³-hybridized carbons (Fsp3) is 0.875. The molecule has 0 aromatic rings. The molecule has 1 fully saturated rings. The second kappa shape index (κ2) is 3.41. The van der Waals surface area contributed by atoms with Crippen LogP contribution in [0.3, 0.4) is 0 Å². The summed E-state index contributed by atoms with van der Waals surface area (Å²) in [5.74, 6) is 0.0515. The number of likely N-dealkylation sites (tertiary alicyclic amines) is 1. The lowest BCUT2D eigenvalue weighted by atomic mass is 9.91. The smallest absolute Gasteiger partial charge is 0.224 e. The van der Waals surface area contributed by atoms with Gasteiger partial charge in [-0.25, -0.2) is 0 Å². The quantitative estimate of drug-likeness (QED) is 0.592. The van der Waals surface area contributed by atoms with Crippen LogP contribution in [0.15, 0.2) is 0 Å². The number of β-amino-alcohol motifs (C(OH)–C–C–N with tert-alkyl or cyclic N) is 1. The zero-order chi connectivity index (χ0) is 9.19. The Balaban J connectivity index is 2.29. The molecule has 0 saturated carbocycles. The number of hydrogen-bond acceptors (Lipinski definition) is 3. The molecule has 1 rings (SSSR count). The van der Waals surface area contributed by atoms with Gasteiger partial charge in [0, 0.05) is 13.0 Å². The van der Waals surface area contributed by atoms with E-state index in [-0.39, 0.29) is 5.91 Å². The number of carbonyl (C=O) groups is 1. The van der Waals surface area contributed by atoms with Crippen molar-refractivity contribution in [1.82, 2.24) is 4.90 Å². The highest BCUT2D eigenvalue weighted by molar-refractivity contribution is 5.77. The van der Waals surface area contributed by atoms with Gasteiger partial charge in [-0.3, -0.25) is 4.79 Å². The number of carbonyl (C=O) groups excluding carboxylic acids is 1. The van der Waals surface area contributed by atoms with Crippen molar-refractivity contribution in [2.24, 2.45) is 5.73 Å². The normalized spacial score (nSPS) is 20.4. The monoisotopic (exact) mass is 172 g/mol. The average Bonchev–Trinajstić information content (AvgIpc) is 1.99. The summed E-state index contributed by atoms with van der Waals surface area (Å²) in [6.45, 7) is 3.26. The third-order valence-electron chi connectivity index (χ3n) is 2.34. The largest absolute Gasteiger partial charge is 0.386 e. The third kappa shape index (κ3) is 1.76. The zero-order valence-electron chi connectivity index (χ0n) is 7.42. The topological polar surface area (TPSA) is 66.6 Å². The van der Waals surface area contributed by atoms with Crippen molar-refractivity contribution < 1.29 is 9.90 Å². The minimum atomic E-state index is -0.621. The minimum absolute atomic E-state index is 0.0515. The maximum absolute atomic E-state index is 11.2. The summed E-state index contributed by atoms with van der Waals surface area (Å²) < 4.78 is 0. The van der Waals surface area contributed by atoms with Crippen molar-refractivity contribution in [3.63, 3.8) is 0 Å². The molecule has 1 aliphatic heterocycles. The van der Waals surface area contributed by atoms with Gasteiger partial charge in [0.25, 0.3) is 0 Å². The first-order valence-electron chi connectivity index (χ1n) is 4.31. The van der Waals surface area contributed by atoms with Gasteiger partial charge in [-0.2, -0.15) is 0 Å². The Kier molecular flexibility index (Phi) is 2.69. The van der Waals surface area contributed by atoms with Gasteiger partial charge in [0.15, 0.2) is 0 Å². The Bertz CT molecular complexity index is 176. The number of nitrogens with zero attached hydrogens (tertiary/aromatic N) is 1. The van der Waals surface area contributed by atoms with Gasteiger partial charge in [-0.1, -0.05) is 6.92 Å². The molecule has 1 heterocycles. The van der Waals surface area contributed by atoms with Gasteiger partial charge >= 0.3 is 0 Å². The molecule has 4 heteroatoms. The van der Waals surface area contributed by atoms with Gasteiger partial charge < -0.3 is 15.7 Å². The summed E-state index contributed by atoms with van der Waals surface area (Å²) in [6, 6.07) is 0. The number of amides is 1. The second-order valence-electron chi connectivity index (χ2n) is 3.37. The first-order chi connectivity index (χ1) is 5.61. The molecule has 0 atom stereocenters. The molecule has 70 valence electrons. The van der Waals surface area contributed by atoms with E-state index in [0.29, 0.717) is 32.5 Å². The molecule has 0 aliphatic carbocycles. The number of rotatable bonds is 3. The highest BCUT2D eigenvalue weighted by atomic mass is 16.3. The summed E-state index contributed by atoms with van der Waals surface area (Å²) in [6.07, 6.45) is 1.10. The van der Waals surface area contributed by atoms with Crippen LogP contribution in [0.1, 0.15) is 19.8 Å². The van der Waals surface area contributed by atoms with Gasteiger partial charge in [-0.15, -0.1) is 0 Å². The average molecular weight is 172 g/mol. The predicted molar refractivity (Wildman–Crippen MR) is 45.5 cm³/mol. The molecule has 0 radical (unpaired) electrons. The maximum atomic E-state index is 11.2. The fourth-order valence-corrected chi connectivity index (χ4v) is 1.35. The standard InChI is InChI=1S/C8H16N2O2/c1-2-8(12)5-10(6-8)7(11)3-4-9/h12H,2-6,9H2,1H3. The van der Waals surface area contributed by atoms with Gasteiger partial charge in [0.2, 0.25) is 5.91 Å². The van der Waals surface area contributed by atoms with Crippen LogP contribution >= 0.6 is 0 Å². The van der Waals surface area contributed by atoms with Gasteiger partial charge in [0.1, 0.15) is 0 Å². The van der Waals surface area contributed by atoms with E-state index in [0.717, 1.165) is 0 Å². The minimum Gasteiger partial charge on any atom is -0.386 e. The predicted octanol–water partition coefficient (Wildman–Crippen LogP) is -0.681. The van der Waals surface area contributed by atoms with E-state index in [1.807, 2.05) is 6.92 Å². The van der Waals surface area contributed by atoms with E-state index in [2.05, 4.69) is 0 Å². The van der Waals surface area contributed by atoms with Crippen molar-refractivity contribution in [1.29, 1.82) is 0 Å². The summed E-state index contributed by atoms with van der Waals surface area (Å²) in [7, 11) is 0. The van der Waals surface area contributed by atoms with Crippen molar-refractivity contribution in [2.75, 3.05) is 19.6 Å². The molecular formula is C8H16N2O2. The summed E-state index contributed by atoms with van der Waals surface area (Å²) in [5.41, 5.74) is 4.62. The lowest BCUT2D eigenvalue weighted by Crippen LogP contribution is -2.63. The van der Waals surface area contributed by atoms with Crippen LogP contribution in [0, 0.1) is 0 Å². The van der Waals surface area contributed by atoms with E-state index in [9.17, 15) is 9.90 Å². The van der Waals surface area contributed by atoms with E-state index in [1.165, 1.54) is 0 Å². The molecule has 1 amide bonds. The molecule has 1 aliphatic rings. The van der Waals surface area contributed by atoms with Crippen molar-refractivity contribution >= 4 is 5.91 Å². The highest BCUT2D eigenvalue weighted by Crippen LogP contribution is 2.24. The van der Waals surface area contributed by atoms with Crippen LogP contribution in [0.4, 0.5) is 0 Å². The van der Waals surface area contributed by atoms with Crippen LogP contribution in [0.5, 0.6) is 0 Å². The van der Waals surface area contributed by atoms with E-state index < -0.39 is 5.60 Å². The van der Waals surface area contributed by atoms with Crippen LogP contribution in [-0.2, 0) is 4.79 Å². The third-order valence-corrected chi connectivity index (χ3v) is 2.34. The fourth-order valence-electron chi connectivity index (χ4n) is 1.35. The maximum Gasteiger partial charge on any atom is 0.224 e. The van der Waals surface area contributed by atoms with Crippen LogP contribution in [0.2, 0.25) is 0 Å². The molecule has 3 N–H and O–H groups in total. The SMILES string of the molecule is CCC1(O)CN(C(=O)CCN)C1. The van der Waals surface area contributed by atoms with Crippen LogP contribution in [-0.4, -0.2) is 41.1 Å². The molecule has 0 spiro atoms. The van der Waals surface area contributed by atoms with Crippen molar-refractivity contribution in [3.05, 3.63) is 0 Å². The molecule has 1 saturated heterocycles. The second-order valence-corrected chi connectivity index (χ2v) is 3.37. The Hall–Kier alpha value is -0.610. The van der Waals surface area contributed by atoms with E-state index >= 15 is 0 Å². The van der Waals surface area contributed by atoms with Crippen molar-refractivity contribution in [3.8, 4) is 0 Å². The molecule has 0 bridgehead atoms. The lowest BCUT2D eigenvalue weighted by Gasteiger charge is -2.46. The molecular weight excluding hydrogens is 156 g/mol. The first kappa shape index (κ1) is 9.48. The number of aliphatic hydroxyl groups is 1. The molecule has 12 heavy (non-hydrogen) atoms. The zero-order valence-corrected chi connectivity index (χ0v) is 7.42. The van der Waals surface area contributed by atoms with Crippen LogP contribution in [0.25, 0.3) is 0 Å². The van der Waals surface area contributed by atoms with Gasteiger partial charge in [-0.05, 0) is 6.42 Å². The Morgan fingerprint density at radius 2 is 2.25 bits per heavy atom. The Labute approximate surface area is 72.3 Å². The van der Waals surface area contributed by atoms with E-state index in [1.54, 1.807) is 4.90 Å². The lowest BCUT2D eigenvalue weighted by molar-refractivity contribution is -0.155. The number of nitrogens with two attached hydrogens (primary N) is 1. The number of hydrogen-bond donors (Lipinski definition) is 2. The van der Waals surface area contributed by atoms with Crippen LogP contribution < -0.4 is 5.73 Å².